The van der Waals surface area contributed by atoms with Crippen LogP contribution in [0.2, 0.25) is 0 Å². The summed E-state index contributed by atoms with van der Waals surface area (Å²) in [6.45, 7) is 1.79. The zero-order valence-electron chi connectivity index (χ0n) is 10.9. The first-order valence-corrected chi connectivity index (χ1v) is 6.55. The van der Waals surface area contributed by atoms with Crippen LogP contribution in [-0.2, 0) is 11.3 Å². The molecule has 1 aromatic heterocycles. The van der Waals surface area contributed by atoms with Crippen LogP contribution in [0.4, 0.5) is 0 Å². The largest absolute Gasteiger partial charge is 0.481 e. The maximum Gasteiger partial charge on any atom is 0.307 e. The van der Waals surface area contributed by atoms with Gasteiger partial charge in [0.15, 0.2) is 0 Å². The first-order valence-electron chi connectivity index (χ1n) is 6.55. The monoisotopic (exact) mass is 273 g/mol. The van der Waals surface area contributed by atoms with Gasteiger partial charge in [0.05, 0.1) is 12.5 Å². The summed E-state index contributed by atoms with van der Waals surface area (Å²) in [7, 11) is 0. The number of carboxylic acids is 1. The van der Waals surface area contributed by atoms with E-state index >= 15 is 0 Å². The molecule has 0 amide bonds. The van der Waals surface area contributed by atoms with Crippen LogP contribution in [0.25, 0.3) is 11.4 Å². The summed E-state index contributed by atoms with van der Waals surface area (Å²) in [6.07, 6.45) is 0.676. The predicted octanol–water partition coefficient (Wildman–Crippen LogP) is 1.64. The predicted molar refractivity (Wildman–Crippen MR) is 70.8 cm³/mol. The highest BCUT2D eigenvalue weighted by Gasteiger charge is 2.28. The summed E-state index contributed by atoms with van der Waals surface area (Å²) in [5.41, 5.74) is 0.910. The Balaban J connectivity index is 1.65. The van der Waals surface area contributed by atoms with Gasteiger partial charge in [0.1, 0.15) is 0 Å². The molecule has 0 bridgehead atoms. The van der Waals surface area contributed by atoms with Gasteiger partial charge < -0.3 is 9.63 Å². The van der Waals surface area contributed by atoms with Crippen molar-refractivity contribution in [3.8, 4) is 11.4 Å². The molecule has 6 heteroatoms. The van der Waals surface area contributed by atoms with E-state index in [0.29, 0.717) is 31.2 Å². The molecule has 1 atom stereocenters. The molecule has 104 valence electrons. The molecule has 2 aromatic rings. The van der Waals surface area contributed by atoms with E-state index < -0.39 is 5.97 Å². The van der Waals surface area contributed by atoms with Crippen LogP contribution in [0.15, 0.2) is 34.9 Å². The summed E-state index contributed by atoms with van der Waals surface area (Å²) in [4.78, 5) is 17.3. The third-order valence-corrected chi connectivity index (χ3v) is 3.48. The maximum absolute atomic E-state index is 10.9. The molecule has 3 rings (SSSR count). The van der Waals surface area contributed by atoms with E-state index in [1.165, 1.54) is 0 Å². The van der Waals surface area contributed by atoms with Gasteiger partial charge in [-0.15, -0.1) is 0 Å². The number of carbonyl (C=O) groups is 1. The minimum atomic E-state index is -0.733. The zero-order valence-corrected chi connectivity index (χ0v) is 10.9. The first-order chi connectivity index (χ1) is 9.72. The lowest BCUT2D eigenvalue weighted by Gasteiger charge is -2.11. The molecule has 1 aliphatic heterocycles. The van der Waals surface area contributed by atoms with E-state index in [9.17, 15) is 4.79 Å². The number of rotatable bonds is 4. The number of carboxylic acid groups (broad SMARTS) is 1. The van der Waals surface area contributed by atoms with Crippen LogP contribution >= 0.6 is 0 Å². The van der Waals surface area contributed by atoms with Gasteiger partial charge in [-0.1, -0.05) is 35.5 Å². The van der Waals surface area contributed by atoms with Crippen LogP contribution in [0.3, 0.4) is 0 Å². The molecule has 0 saturated carbocycles. The Bertz CT molecular complexity index is 597. The molecule has 0 spiro atoms. The van der Waals surface area contributed by atoms with Gasteiger partial charge in [0.2, 0.25) is 11.7 Å². The van der Waals surface area contributed by atoms with Crippen molar-refractivity contribution < 1.29 is 14.4 Å². The van der Waals surface area contributed by atoms with Gasteiger partial charge in [-0.25, -0.2) is 0 Å². The molecule has 6 nitrogen and oxygen atoms in total. The number of hydrogen-bond donors (Lipinski definition) is 1. The van der Waals surface area contributed by atoms with Crippen molar-refractivity contribution >= 4 is 5.97 Å². The smallest absolute Gasteiger partial charge is 0.307 e. The van der Waals surface area contributed by atoms with Crippen LogP contribution < -0.4 is 0 Å². The van der Waals surface area contributed by atoms with E-state index in [4.69, 9.17) is 9.63 Å². The molecule has 0 radical (unpaired) electrons. The van der Waals surface area contributed by atoms with Gasteiger partial charge in [0.25, 0.3) is 0 Å². The molecular weight excluding hydrogens is 258 g/mol. The van der Waals surface area contributed by atoms with Gasteiger partial charge >= 0.3 is 5.97 Å². The molecule has 1 unspecified atom stereocenters. The fraction of sp³-hybridized carbons (Fsp3) is 0.357. The normalized spacial score (nSPS) is 19.3. The first kappa shape index (κ1) is 12.8. The van der Waals surface area contributed by atoms with Crippen molar-refractivity contribution in [2.75, 3.05) is 13.1 Å². The Labute approximate surface area is 116 Å². The topological polar surface area (TPSA) is 79.5 Å². The quantitative estimate of drug-likeness (QED) is 0.912. The SMILES string of the molecule is O=C(O)C1CCN(Cc2nc(-c3ccccc3)no2)C1. The average molecular weight is 273 g/mol. The van der Waals surface area contributed by atoms with E-state index in [-0.39, 0.29) is 5.92 Å². The summed E-state index contributed by atoms with van der Waals surface area (Å²) >= 11 is 0. The van der Waals surface area contributed by atoms with Gasteiger partial charge in [0, 0.05) is 12.1 Å². The summed E-state index contributed by atoms with van der Waals surface area (Å²) in [5, 5.41) is 12.9. The lowest BCUT2D eigenvalue weighted by atomic mass is 10.1. The van der Waals surface area contributed by atoms with E-state index in [2.05, 4.69) is 10.1 Å². The second-order valence-corrected chi connectivity index (χ2v) is 4.94. The molecule has 1 N–H and O–H groups in total. The Kier molecular flexibility index (Phi) is 3.47. The van der Waals surface area contributed by atoms with Crippen molar-refractivity contribution in [2.45, 2.75) is 13.0 Å². The fourth-order valence-electron chi connectivity index (χ4n) is 2.39. The highest BCUT2D eigenvalue weighted by molar-refractivity contribution is 5.70. The number of nitrogens with zero attached hydrogens (tertiary/aromatic N) is 3. The molecule has 1 aromatic carbocycles. The molecule has 2 heterocycles. The Morgan fingerprint density at radius 3 is 2.90 bits per heavy atom. The van der Waals surface area contributed by atoms with Crippen molar-refractivity contribution in [3.05, 3.63) is 36.2 Å². The minimum Gasteiger partial charge on any atom is -0.481 e. The zero-order chi connectivity index (χ0) is 13.9. The second kappa shape index (κ2) is 5.42. The Hall–Kier alpha value is -2.21. The van der Waals surface area contributed by atoms with Gasteiger partial charge in [-0.2, -0.15) is 4.98 Å². The summed E-state index contributed by atoms with van der Waals surface area (Å²) < 4.78 is 5.23. The highest BCUT2D eigenvalue weighted by atomic mass is 16.5. The second-order valence-electron chi connectivity index (χ2n) is 4.94. The van der Waals surface area contributed by atoms with E-state index in [0.717, 1.165) is 12.1 Å². The van der Waals surface area contributed by atoms with Gasteiger partial charge in [-0.05, 0) is 13.0 Å². The summed E-state index contributed by atoms with van der Waals surface area (Å²) in [5.74, 6) is 0.0685. The van der Waals surface area contributed by atoms with Crippen molar-refractivity contribution in [1.29, 1.82) is 0 Å². The lowest BCUT2D eigenvalue weighted by Crippen LogP contribution is -2.22. The number of likely N-dealkylation sites (tertiary alicyclic amines) is 1. The number of benzene rings is 1. The number of aliphatic carboxylic acids is 1. The maximum atomic E-state index is 10.9. The molecule has 20 heavy (non-hydrogen) atoms. The molecule has 0 aliphatic carbocycles. The van der Waals surface area contributed by atoms with Crippen LogP contribution in [0.5, 0.6) is 0 Å². The van der Waals surface area contributed by atoms with E-state index in [1.807, 2.05) is 35.2 Å². The van der Waals surface area contributed by atoms with Crippen LogP contribution in [-0.4, -0.2) is 39.2 Å². The third kappa shape index (κ3) is 2.70. The minimum absolute atomic E-state index is 0.286. The molecular formula is C14H15N3O3. The molecule has 1 aliphatic rings. The standard InChI is InChI=1S/C14H15N3O3/c18-14(19)11-6-7-17(8-11)9-12-15-13(16-20-12)10-4-2-1-3-5-10/h1-5,11H,6-9H2,(H,18,19). The van der Waals surface area contributed by atoms with Crippen molar-refractivity contribution in [3.63, 3.8) is 0 Å². The Morgan fingerprint density at radius 1 is 1.40 bits per heavy atom. The molecule has 1 saturated heterocycles. The Morgan fingerprint density at radius 2 is 2.20 bits per heavy atom. The highest BCUT2D eigenvalue weighted by Crippen LogP contribution is 2.20. The number of hydrogen-bond acceptors (Lipinski definition) is 5. The number of aromatic nitrogens is 2. The lowest BCUT2D eigenvalue weighted by molar-refractivity contribution is -0.141. The van der Waals surface area contributed by atoms with Crippen LogP contribution in [0, 0.1) is 5.92 Å². The van der Waals surface area contributed by atoms with Gasteiger partial charge in [-0.3, -0.25) is 9.69 Å². The van der Waals surface area contributed by atoms with Crippen LogP contribution in [0.1, 0.15) is 12.3 Å². The van der Waals surface area contributed by atoms with Crippen molar-refractivity contribution in [2.24, 2.45) is 5.92 Å². The fourth-order valence-corrected chi connectivity index (χ4v) is 2.39. The average Bonchev–Trinajstić information content (AvgIpc) is 3.10. The van der Waals surface area contributed by atoms with Crippen molar-refractivity contribution in [1.82, 2.24) is 15.0 Å². The van der Waals surface area contributed by atoms with E-state index in [1.54, 1.807) is 0 Å². The third-order valence-electron chi connectivity index (χ3n) is 3.48. The molecule has 1 fully saturated rings. The summed E-state index contributed by atoms with van der Waals surface area (Å²) in [6, 6.07) is 9.61.